The maximum absolute atomic E-state index is 14.5. The average molecular weight is 1360 g/mol. The standard InChI is InChI=1S/C21H12F5N3O4.C21H16F5N3O3.C20H14F5N3O3/c22-12-2-1-5-27-19(12)11(10-3-4-17(13(23)6-10)33-21(24,25)26)7-16(30)14-8-15-18(9-28-14)32-20(31)29-15;1-31-19-10-29-16(9-15(19)27)17(30)8-12(20-13(22)3-2-6-28-20)11-4-5-18(14(23)7-11)32-21(24,25)26;21-12-2-1-5-27-19(12)11(7-16(29)15-8-14(26)17(30)9-28-15)10-3-4-18(13(22)6-10)31-20(23,24)25/h1-6,8-9,11H,7H2,(H,29,31);2-7,9-10,12H,8H2,1H3,(H2,27,29);1-6,8-9,11,30H,7H2,(H2,26,28)/t11-;12-;11-/m000/s1. The fraction of sp³-hybridized carbons (Fsp3) is 0.161. The monoisotopic (exact) mass is 1360 g/mol. The molecule has 7 heterocycles. The number of aromatic amines is 1. The number of hydrogen-bond donors (Lipinski definition) is 4. The van der Waals surface area contributed by atoms with Crippen LogP contribution < -0.4 is 36.2 Å². The number of ketones is 3. The molecule has 0 saturated heterocycles. The van der Waals surface area contributed by atoms with Crippen molar-refractivity contribution in [1.29, 1.82) is 0 Å². The number of hydrogen-bond acceptors (Lipinski definition) is 18. The molecule has 3 atom stereocenters. The SMILES string of the molecule is COc1cnc(C(=O)C[C@@H](c2ccc(OC(F)(F)F)c(F)c2)c2ncccc2F)cc1N.Nc1cc(C(=O)C[C@@H](c2ccc(OC(F)(F)F)c(F)c2)c2ncccc2F)ncc1O.O=C(C[C@@H](c1ccc(OC(F)(F)F)c(F)c1)c1ncccc1F)c1cc2[nH]c(=O)oc2cn1. The van der Waals surface area contributed by atoms with Gasteiger partial charge in [-0.15, -0.1) is 39.5 Å². The second-order valence-corrected chi connectivity index (χ2v) is 19.9. The van der Waals surface area contributed by atoms with Crippen LogP contribution in [0.1, 0.15) is 102 Å². The summed E-state index contributed by atoms with van der Waals surface area (Å²) in [5.41, 5.74) is 10.8. The summed E-state index contributed by atoms with van der Waals surface area (Å²) < 4.78 is 219. The number of nitrogens with two attached hydrogens (primary N) is 2. The second-order valence-electron chi connectivity index (χ2n) is 19.9. The molecule has 0 amide bonds. The van der Waals surface area contributed by atoms with Crippen molar-refractivity contribution in [2.75, 3.05) is 18.6 Å². The highest BCUT2D eigenvalue weighted by molar-refractivity contribution is 5.98. The van der Waals surface area contributed by atoms with E-state index in [1.807, 2.05) is 0 Å². The van der Waals surface area contributed by atoms with Gasteiger partial charge in [-0.2, -0.15) is 0 Å². The molecule has 0 radical (unpaired) electrons. The van der Waals surface area contributed by atoms with Crippen LogP contribution in [0.15, 0.2) is 156 Å². The molecule has 0 bridgehead atoms. The van der Waals surface area contributed by atoms with E-state index in [1.54, 1.807) is 0 Å². The lowest BCUT2D eigenvalue weighted by Gasteiger charge is -2.18. The van der Waals surface area contributed by atoms with Crippen LogP contribution >= 0.6 is 0 Å². The summed E-state index contributed by atoms with van der Waals surface area (Å²) in [4.78, 5) is 75.5. The molecule has 96 heavy (non-hydrogen) atoms. The fourth-order valence-electron chi connectivity index (χ4n) is 9.18. The molecule has 0 fully saturated rings. The average Bonchev–Trinajstić information content (AvgIpc) is 0.952. The lowest BCUT2D eigenvalue weighted by atomic mass is 9.89. The lowest BCUT2D eigenvalue weighted by Crippen LogP contribution is -2.18. The summed E-state index contributed by atoms with van der Waals surface area (Å²) in [5.74, 6) is -15.7. The second kappa shape index (κ2) is 29.6. The molecule has 0 unspecified atom stereocenters. The molecule has 7 aromatic heterocycles. The van der Waals surface area contributed by atoms with Gasteiger partial charge in [0.25, 0.3) is 0 Å². The van der Waals surface area contributed by atoms with Crippen LogP contribution in [0.3, 0.4) is 0 Å². The zero-order valence-electron chi connectivity index (χ0n) is 48.3. The summed E-state index contributed by atoms with van der Waals surface area (Å²) >= 11 is 0. The van der Waals surface area contributed by atoms with Gasteiger partial charge in [-0.1, -0.05) is 18.2 Å². The number of nitrogens with one attached hydrogen (secondary N) is 1. The van der Waals surface area contributed by atoms with Gasteiger partial charge in [0.1, 0.15) is 34.5 Å². The molecule has 10 aromatic rings. The number of anilines is 2. The van der Waals surface area contributed by atoms with Gasteiger partial charge >= 0.3 is 24.8 Å². The molecule has 0 aliphatic rings. The van der Waals surface area contributed by atoms with E-state index in [2.05, 4.69) is 49.1 Å². The number of pyridine rings is 6. The van der Waals surface area contributed by atoms with Crippen molar-refractivity contribution < 1.29 is 109 Å². The number of aromatic hydroxyl groups is 1. The van der Waals surface area contributed by atoms with Gasteiger partial charge in [0.15, 0.2) is 69.1 Å². The lowest BCUT2D eigenvalue weighted by molar-refractivity contribution is -0.276. The van der Waals surface area contributed by atoms with Gasteiger partial charge in [0, 0.05) is 55.6 Å². The minimum Gasteiger partial charge on any atom is -0.504 e. The highest BCUT2D eigenvalue weighted by Gasteiger charge is 2.36. The van der Waals surface area contributed by atoms with Crippen molar-refractivity contribution in [3.8, 4) is 28.7 Å². The van der Waals surface area contributed by atoms with Crippen LogP contribution in [0.5, 0.6) is 28.7 Å². The Morgan fingerprint density at radius 2 is 0.833 bits per heavy atom. The molecule has 0 spiro atoms. The molecular weight excluding hydrogens is 1320 g/mol. The van der Waals surface area contributed by atoms with E-state index >= 15 is 0 Å². The van der Waals surface area contributed by atoms with Crippen LogP contribution in [-0.4, -0.2) is 83.5 Å². The topological polar surface area (TPSA) is 284 Å². The number of nitrogens with zero attached hydrogens (tertiary/aromatic N) is 6. The third kappa shape index (κ3) is 18.4. The van der Waals surface area contributed by atoms with E-state index in [1.165, 1.54) is 62.2 Å². The molecule has 0 aliphatic heterocycles. The van der Waals surface area contributed by atoms with E-state index in [0.717, 1.165) is 85.2 Å². The molecule has 19 nitrogen and oxygen atoms in total. The minimum absolute atomic E-state index is 0.00855. The van der Waals surface area contributed by atoms with Gasteiger partial charge < -0.3 is 39.9 Å². The number of benzene rings is 3. The number of alkyl halides is 9. The third-order valence-corrected chi connectivity index (χ3v) is 13.5. The van der Waals surface area contributed by atoms with Crippen molar-refractivity contribution in [2.45, 2.75) is 56.1 Å². The summed E-state index contributed by atoms with van der Waals surface area (Å²) in [7, 11) is 1.37. The molecule has 6 N–H and O–H groups in total. The Balaban J connectivity index is 0.000000184. The number of carbonyl (C=O) groups is 3. The first-order valence-electron chi connectivity index (χ1n) is 27.0. The Bertz CT molecular complexity index is 4550. The van der Waals surface area contributed by atoms with Gasteiger partial charge in [-0.3, -0.25) is 34.3 Å². The van der Waals surface area contributed by atoms with Gasteiger partial charge in [-0.05, 0) is 108 Å². The first-order chi connectivity index (χ1) is 45.2. The Hall–Kier alpha value is -11.6. The normalized spacial score (nSPS) is 12.5. The maximum atomic E-state index is 14.5. The summed E-state index contributed by atoms with van der Waals surface area (Å²) in [6.45, 7) is 0. The van der Waals surface area contributed by atoms with Crippen LogP contribution in [0, 0.1) is 34.9 Å². The molecule has 0 aliphatic carbocycles. The first-order valence-corrected chi connectivity index (χ1v) is 27.0. The first kappa shape index (κ1) is 70.3. The molecule has 10 rings (SSSR count). The van der Waals surface area contributed by atoms with Crippen LogP contribution in [0.4, 0.5) is 77.2 Å². The quantitative estimate of drug-likeness (QED) is 0.0432. The number of Topliss-reactive ketones (excluding diaryl/α,β-unsaturated/α-hetero) is 3. The van der Waals surface area contributed by atoms with Gasteiger partial charge in [0.2, 0.25) is 0 Å². The molecule has 500 valence electrons. The molecule has 0 saturated carbocycles. The smallest absolute Gasteiger partial charge is 0.504 e. The Labute approximate surface area is 528 Å². The number of fused-ring (bicyclic) bond motifs is 1. The maximum Gasteiger partial charge on any atom is 0.573 e. The van der Waals surface area contributed by atoms with Crippen molar-refractivity contribution in [2.24, 2.45) is 0 Å². The number of rotatable bonds is 19. The van der Waals surface area contributed by atoms with Crippen molar-refractivity contribution in [1.82, 2.24) is 34.9 Å². The van der Waals surface area contributed by atoms with Crippen molar-refractivity contribution >= 4 is 39.8 Å². The molecule has 3 aromatic carbocycles. The number of nitrogen functional groups attached to an aromatic ring is 2. The Morgan fingerprint density at radius 3 is 1.17 bits per heavy atom. The van der Waals surface area contributed by atoms with E-state index in [9.17, 15) is 90.1 Å². The van der Waals surface area contributed by atoms with Crippen LogP contribution in [0.2, 0.25) is 0 Å². The number of methoxy groups -OCH3 is 1. The third-order valence-electron chi connectivity index (χ3n) is 13.5. The zero-order valence-corrected chi connectivity index (χ0v) is 48.3. The number of halogens is 15. The fourth-order valence-corrected chi connectivity index (χ4v) is 9.18. The van der Waals surface area contributed by atoms with E-state index in [4.69, 9.17) is 20.6 Å². The van der Waals surface area contributed by atoms with Crippen LogP contribution in [-0.2, 0) is 0 Å². The number of H-pyrrole nitrogens is 1. The summed E-state index contributed by atoms with van der Waals surface area (Å²) in [6, 6.07) is 18.5. The van der Waals surface area contributed by atoms with E-state index < -0.39 is 131 Å². The predicted molar refractivity (Wildman–Crippen MR) is 304 cm³/mol. The number of ether oxygens (including phenoxy) is 4. The summed E-state index contributed by atoms with van der Waals surface area (Å²) in [5, 5.41) is 9.44. The Morgan fingerprint density at radius 1 is 0.479 bits per heavy atom. The summed E-state index contributed by atoms with van der Waals surface area (Å²) in [6.07, 6.45) is -9.48. The van der Waals surface area contributed by atoms with Gasteiger partial charge in [-0.25, -0.2) is 46.1 Å². The van der Waals surface area contributed by atoms with Gasteiger partial charge in [0.05, 0.1) is 59.7 Å². The molecule has 34 heteroatoms. The predicted octanol–water partition coefficient (Wildman–Crippen LogP) is 13.5. The number of aromatic nitrogens is 7. The van der Waals surface area contributed by atoms with E-state index in [-0.39, 0.29) is 84.8 Å². The zero-order chi connectivity index (χ0) is 70.0. The number of oxazole rings is 1. The number of carbonyl (C=O) groups excluding carboxylic acids is 3. The minimum atomic E-state index is -5.11. The highest BCUT2D eigenvalue weighted by atomic mass is 19.4. The highest BCUT2D eigenvalue weighted by Crippen LogP contribution is 2.38. The Kier molecular flexibility index (Phi) is 21.6. The largest absolute Gasteiger partial charge is 0.573 e. The van der Waals surface area contributed by atoms with Crippen molar-refractivity contribution in [3.63, 3.8) is 0 Å². The molecular formula is C62H42F15N9O10. The van der Waals surface area contributed by atoms with E-state index in [0.29, 0.717) is 6.07 Å². The van der Waals surface area contributed by atoms with Crippen LogP contribution in [0.25, 0.3) is 11.1 Å². The van der Waals surface area contributed by atoms with Crippen molar-refractivity contribution in [3.05, 3.63) is 243 Å².